The number of benzene rings is 1. The molecule has 1 aliphatic rings. The molecular formula is C12H12ClF3N2O. The number of hydrogen-bond donors (Lipinski definition) is 2. The number of halogens is 4. The summed E-state index contributed by atoms with van der Waals surface area (Å²) in [6, 6.07) is 3.22. The van der Waals surface area contributed by atoms with Crippen LogP contribution in [-0.2, 0) is 11.0 Å². The fourth-order valence-corrected chi connectivity index (χ4v) is 1.74. The molecule has 0 bridgehead atoms. The standard InChI is InChI=1S/C12H12ClF3N2O/c13-9-5-7(12(14,15)16)1-4-10(9)18-11(19)6-17-8-2-3-8/h1,4-5,8,17H,2-3,6H2,(H,18,19). The number of nitrogens with one attached hydrogen (secondary N) is 2. The molecule has 0 spiro atoms. The van der Waals surface area contributed by atoms with Crippen molar-refractivity contribution in [1.82, 2.24) is 5.32 Å². The number of carbonyl (C=O) groups excluding carboxylic acids is 1. The van der Waals surface area contributed by atoms with Gasteiger partial charge in [0.2, 0.25) is 5.91 Å². The minimum Gasteiger partial charge on any atom is -0.324 e. The molecule has 0 atom stereocenters. The highest BCUT2D eigenvalue weighted by Gasteiger charge is 2.31. The molecule has 2 N–H and O–H groups in total. The van der Waals surface area contributed by atoms with Crippen LogP contribution in [-0.4, -0.2) is 18.5 Å². The van der Waals surface area contributed by atoms with Crippen LogP contribution in [0.15, 0.2) is 18.2 Å². The summed E-state index contributed by atoms with van der Waals surface area (Å²) in [5, 5.41) is 5.34. The number of anilines is 1. The lowest BCUT2D eigenvalue weighted by Crippen LogP contribution is -2.29. The van der Waals surface area contributed by atoms with Gasteiger partial charge in [-0.05, 0) is 31.0 Å². The maximum atomic E-state index is 12.4. The Balaban J connectivity index is 1.98. The van der Waals surface area contributed by atoms with Crippen molar-refractivity contribution in [2.24, 2.45) is 0 Å². The van der Waals surface area contributed by atoms with Crippen LogP contribution in [0.1, 0.15) is 18.4 Å². The Bertz CT molecular complexity index is 486. The zero-order valence-corrected chi connectivity index (χ0v) is 10.6. The molecule has 1 amide bonds. The molecule has 0 heterocycles. The van der Waals surface area contributed by atoms with Crippen molar-refractivity contribution in [1.29, 1.82) is 0 Å². The van der Waals surface area contributed by atoms with E-state index in [4.69, 9.17) is 11.6 Å². The average Bonchev–Trinajstić information content (AvgIpc) is 3.11. The van der Waals surface area contributed by atoms with Crippen molar-refractivity contribution >= 4 is 23.2 Å². The van der Waals surface area contributed by atoms with Gasteiger partial charge in [0.15, 0.2) is 0 Å². The summed E-state index contributed by atoms with van der Waals surface area (Å²) in [5.74, 6) is -0.325. The largest absolute Gasteiger partial charge is 0.416 e. The number of amides is 1. The Hall–Kier alpha value is -1.27. The molecule has 0 unspecified atom stereocenters. The number of hydrogen-bond acceptors (Lipinski definition) is 2. The van der Waals surface area contributed by atoms with E-state index in [1.54, 1.807) is 0 Å². The lowest BCUT2D eigenvalue weighted by Gasteiger charge is -2.11. The van der Waals surface area contributed by atoms with Gasteiger partial charge in [-0.15, -0.1) is 0 Å². The van der Waals surface area contributed by atoms with Crippen molar-refractivity contribution in [3.63, 3.8) is 0 Å². The first-order valence-electron chi connectivity index (χ1n) is 5.76. The van der Waals surface area contributed by atoms with Crippen LogP contribution in [0.4, 0.5) is 18.9 Å². The fourth-order valence-electron chi connectivity index (χ4n) is 1.51. The molecule has 0 aromatic heterocycles. The Morgan fingerprint density at radius 2 is 2.05 bits per heavy atom. The molecular weight excluding hydrogens is 281 g/mol. The summed E-state index contributed by atoms with van der Waals surface area (Å²) in [6.45, 7) is 0.127. The van der Waals surface area contributed by atoms with Gasteiger partial charge in [-0.25, -0.2) is 0 Å². The average molecular weight is 293 g/mol. The van der Waals surface area contributed by atoms with E-state index in [1.807, 2.05) is 0 Å². The molecule has 0 aliphatic heterocycles. The van der Waals surface area contributed by atoms with E-state index in [9.17, 15) is 18.0 Å². The van der Waals surface area contributed by atoms with Gasteiger partial charge in [0.05, 0.1) is 22.8 Å². The normalized spacial score (nSPS) is 15.4. The van der Waals surface area contributed by atoms with Gasteiger partial charge in [0, 0.05) is 6.04 Å². The summed E-state index contributed by atoms with van der Waals surface area (Å²) >= 11 is 5.72. The molecule has 1 aromatic carbocycles. The smallest absolute Gasteiger partial charge is 0.324 e. The molecule has 0 radical (unpaired) electrons. The van der Waals surface area contributed by atoms with Gasteiger partial charge < -0.3 is 10.6 Å². The van der Waals surface area contributed by atoms with Crippen molar-refractivity contribution in [3.05, 3.63) is 28.8 Å². The van der Waals surface area contributed by atoms with E-state index >= 15 is 0 Å². The maximum absolute atomic E-state index is 12.4. The number of carbonyl (C=O) groups is 1. The van der Waals surface area contributed by atoms with Crippen molar-refractivity contribution in [2.75, 3.05) is 11.9 Å². The first-order chi connectivity index (χ1) is 8.86. The van der Waals surface area contributed by atoms with Crippen LogP contribution in [0.5, 0.6) is 0 Å². The van der Waals surface area contributed by atoms with E-state index in [0.717, 1.165) is 31.0 Å². The third-order valence-corrected chi connectivity index (χ3v) is 3.01. The quantitative estimate of drug-likeness (QED) is 0.895. The third kappa shape index (κ3) is 4.11. The predicted molar refractivity (Wildman–Crippen MR) is 66.1 cm³/mol. The zero-order valence-electron chi connectivity index (χ0n) is 9.85. The summed E-state index contributed by atoms with van der Waals surface area (Å²) < 4.78 is 37.3. The molecule has 7 heteroatoms. The minimum absolute atomic E-state index is 0.127. The molecule has 3 nitrogen and oxygen atoms in total. The Morgan fingerprint density at radius 3 is 2.58 bits per heavy atom. The molecule has 104 valence electrons. The first-order valence-corrected chi connectivity index (χ1v) is 6.14. The summed E-state index contributed by atoms with van der Waals surface area (Å²) in [7, 11) is 0. The molecule has 2 rings (SSSR count). The molecule has 0 saturated heterocycles. The van der Waals surface area contributed by atoms with Crippen LogP contribution in [0.25, 0.3) is 0 Å². The highest BCUT2D eigenvalue weighted by molar-refractivity contribution is 6.33. The monoisotopic (exact) mass is 292 g/mol. The lowest BCUT2D eigenvalue weighted by atomic mass is 10.2. The minimum atomic E-state index is -4.44. The molecule has 1 aromatic rings. The summed E-state index contributed by atoms with van der Waals surface area (Å²) in [4.78, 5) is 11.5. The number of alkyl halides is 3. The van der Waals surface area contributed by atoms with E-state index < -0.39 is 11.7 Å². The SMILES string of the molecule is O=C(CNC1CC1)Nc1ccc(C(F)(F)F)cc1Cl. The van der Waals surface area contributed by atoms with Crippen molar-refractivity contribution < 1.29 is 18.0 Å². The topological polar surface area (TPSA) is 41.1 Å². The molecule has 19 heavy (non-hydrogen) atoms. The van der Waals surface area contributed by atoms with Crippen molar-refractivity contribution in [2.45, 2.75) is 25.1 Å². The van der Waals surface area contributed by atoms with E-state index in [2.05, 4.69) is 10.6 Å². The Labute approximate surface area is 113 Å². The van der Waals surface area contributed by atoms with Crippen molar-refractivity contribution in [3.8, 4) is 0 Å². The van der Waals surface area contributed by atoms with Gasteiger partial charge >= 0.3 is 6.18 Å². The molecule has 1 aliphatic carbocycles. The number of rotatable bonds is 4. The highest BCUT2D eigenvalue weighted by Crippen LogP contribution is 2.33. The molecule has 1 saturated carbocycles. The van der Waals surface area contributed by atoms with Gasteiger partial charge in [-0.1, -0.05) is 11.6 Å². The second kappa shape index (κ2) is 5.38. The summed E-state index contributed by atoms with van der Waals surface area (Å²) in [5.41, 5.74) is -0.663. The van der Waals surface area contributed by atoms with E-state index in [1.165, 1.54) is 0 Å². The van der Waals surface area contributed by atoms with Crippen LogP contribution in [0.3, 0.4) is 0 Å². The van der Waals surface area contributed by atoms with Gasteiger partial charge in [-0.2, -0.15) is 13.2 Å². The molecule has 1 fully saturated rings. The van der Waals surface area contributed by atoms with Crippen LogP contribution in [0, 0.1) is 0 Å². The van der Waals surface area contributed by atoms with Gasteiger partial charge in [0.25, 0.3) is 0 Å². The first kappa shape index (κ1) is 14.1. The predicted octanol–water partition coefficient (Wildman–Crippen LogP) is 3.05. The zero-order chi connectivity index (χ0) is 14.0. The lowest BCUT2D eigenvalue weighted by molar-refractivity contribution is -0.137. The third-order valence-electron chi connectivity index (χ3n) is 2.70. The summed E-state index contributed by atoms with van der Waals surface area (Å²) in [6.07, 6.45) is -2.34. The van der Waals surface area contributed by atoms with E-state index in [0.29, 0.717) is 6.04 Å². The highest BCUT2D eigenvalue weighted by atomic mass is 35.5. The van der Waals surface area contributed by atoms with Gasteiger partial charge in [0.1, 0.15) is 0 Å². The van der Waals surface area contributed by atoms with Crippen LogP contribution >= 0.6 is 11.6 Å². The maximum Gasteiger partial charge on any atom is 0.416 e. The fraction of sp³-hybridized carbons (Fsp3) is 0.417. The Kier molecular flexibility index (Phi) is 4.01. The van der Waals surface area contributed by atoms with Gasteiger partial charge in [-0.3, -0.25) is 4.79 Å². The van der Waals surface area contributed by atoms with Crippen LogP contribution < -0.4 is 10.6 Å². The van der Waals surface area contributed by atoms with Crippen LogP contribution in [0.2, 0.25) is 5.02 Å². The Morgan fingerprint density at radius 1 is 1.37 bits per heavy atom. The van der Waals surface area contributed by atoms with E-state index in [-0.39, 0.29) is 23.2 Å². The second-order valence-corrected chi connectivity index (χ2v) is 4.80. The second-order valence-electron chi connectivity index (χ2n) is 4.40.